The molecule has 1 aliphatic rings. The van der Waals surface area contributed by atoms with Gasteiger partial charge in [0.15, 0.2) is 0 Å². The van der Waals surface area contributed by atoms with Crippen molar-refractivity contribution in [3.05, 3.63) is 59.4 Å². The number of aryl methyl sites for hydroxylation is 1. The van der Waals surface area contributed by atoms with Gasteiger partial charge in [0.05, 0.1) is 11.9 Å². The average Bonchev–Trinajstić information content (AvgIpc) is 2.63. The van der Waals surface area contributed by atoms with Crippen molar-refractivity contribution in [2.24, 2.45) is 0 Å². The minimum absolute atomic E-state index is 0.0763. The van der Waals surface area contributed by atoms with Crippen LogP contribution in [0.4, 0.5) is 5.69 Å². The van der Waals surface area contributed by atoms with Gasteiger partial charge in [0.25, 0.3) is 5.91 Å². The quantitative estimate of drug-likeness (QED) is 0.843. The molecule has 3 rings (SSSR count). The van der Waals surface area contributed by atoms with Gasteiger partial charge in [0, 0.05) is 50.7 Å². The Bertz CT molecular complexity index is 908. The molecule has 0 spiro atoms. The summed E-state index contributed by atoms with van der Waals surface area (Å²) >= 11 is 0. The number of carbonyl (C=O) groups excluding carboxylic acids is 1. The van der Waals surface area contributed by atoms with Crippen LogP contribution in [0.1, 0.15) is 21.5 Å². The lowest BCUT2D eigenvalue weighted by molar-refractivity contribution is 0.0628. The molecular weight excluding hydrogens is 364 g/mol. The molecule has 0 bridgehead atoms. The number of carbonyl (C=O) groups is 1. The van der Waals surface area contributed by atoms with E-state index in [0.717, 1.165) is 37.0 Å². The first-order valence-corrected chi connectivity index (χ1v) is 10.7. The molecule has 8 heteroatoms. The van der Waals surface area contributed by atoms with E-state index in [-0.39, 0.29) is 5.91 Å². The number of benzene rings is 1. The number of anilines is 1. The van der Waals surface area contributed by atoms with Crippen molar-refractivity contribution in [1.82, 2.24) is 14.8 Å². The molecular formula is C19H24N4O3S. The second-order valence-corrected chi connectivity index (χ2v) is 8.58. The van der Waals surface area contributed by atoms with Crippen LogP contribution in [0.15, 0.2) is 42.7 Å². The first kappa shape index (κ1) is 19.3. The number of rotatable bonds is 5. The van der Waals surface area contributed by atoms with Crippen molar-refractivity contribution in [3.63, 3.8) is 0 Å². The third-order valence-electron chi connectivity index (χ3n) is 4.57. The van der Waals surface area contributed by atoms with Crippen LogP contribution in [0.5, 0.6) is 0 Å². The number of aromatic nitrogens is 1. The number of piperazine rings is 1. The summed E-state index contributed by atoms with van der Waals surface area (Å²) in [6.45, 7) is 5.49. The molecule has 1 aromatic heterocycles. The van der Waals surface area contributed by atoms with E-state index < -0.39 is 10.0 Å². The Kier molecular flexibility index (Phi) is 5.76. The van der Waals surface area contributed by atoms with E-state index >= 15 is 0 Å². The lowest BCUT2D eigenvalue weighted by atomic mass is 10.1. The summed E-state index contributed by atoms with van der Waals surface area (Å²) in [5, 5.41) is 0. The van der Waals surface area contributed by atoms with E-state index in [2.05, 4.69) is 14.6 Å². The maximum Gasteiger partial charge on any atom is 0.254 e. The molecule has 0 saturated carbocycles. The van der Waals surface area contributed by atoms with E-state index in [1.807, 2.05) is 23.2 Å². The molecule has 144 valence electrons. The van der Waals surface area contributed by atoms with Gasteiger partial charge in [-0.05, 0) is 36.2 Å². The molecule has 7 nitrogen and oxygen atoms in total. The third kappa shape index (κ3) is 5.27. The van der Waals surface area contributed by atoms with Gasteiger partial charge in [-0.15, -0.1) is 0 Å². The molecule has 0 aliphatic carbocycles. The highest BCUT2D eigenvalue weighted by Crippen LogP contribution is 2.20. The SMILES string of the molecule is Cc1ccc(C(=O)N2CCN(Cc3cccnc3)CC2)cc1NS(C)(=O)=O. The first-order chi connectivity index (χ1) is 12.8. The molecule has 27 heavy (non-hydrogen) atoms. The Hall–Kier alpha value is -2.45. The predicted octanol–water partition coefficient (Wildman–Crippen LogP) is 1.72. The minimum Gasteiger partial charge on any atom is -0.336 e. The molecule has 0 atom stereocenters. The van der Waals surface area contributed by atoms with Crippen LogP contribution in [0, 0.1) is 6.92 Å². The summed E-state index contributed by atoms with van der Waals surface area (Å²) in [7, 11) is -3.39. The number of nitrogens with zero attached hydrogens (tertiary/aromatic N) is 3. The predicted molar refractivity (Wildman–Crippen MR) is 105 cm³/mol. The molecule has 1 saturated heterocycles. The number of pyridine rings is 1. The highest BCUT2D eigenvalue weighted by molar-refractivity contribution is 7.92. The van der Waals surface area contributed by atoms with Crippen molar-refractivity contribution in [2.75, 3.05) is 37.2 Å². The molecule has 2 aromatic rings. The van der Waals surface area contributed by atoms with Crippen LogP contribution < -0.4 is 4.72 Å². The van der Waals surface area contributed by atoms with Gasteiger partial charge < -0.3 is 4.90 Å². The molecule has 0 radical (unpaired) electrons. The number of sulfonamides is 1. The summed E-state index contributed by atoms with van der Waals surface area (Å²) in [5.74, 6) is -0.0763. The number of amides is 1. The Morgan fingerprint density at radius 1 is 1.19 bits per heavy atom. The zero-order valence-corrected chi connectivity index (χ0v) is 16.4. The van der Waals surface area contributed by atoms with E-state index in [4.69, 9.17) is 0 Å². The molecule has 2 heterocycles. The number of hydrogen-bond acceptors (Lipinski definition) is 5. The van der Waals surface area contributed by atoms with Gasteiger partial charge in [-0.2, -0.15) is 0 Å². The largest absolute Gasteiger partial charge is 0.336 e. The summed E-state index contributed by atoms with van der Waals surface area (Å²) in [6, 6.07) is 9.09. The average molecular weight is 388 g/mol. The monoisotopic (exact) mass is 388 g/mol. The van der Waals surface area contributed by atoms with Gasteiger partial charge in [0.2, 0.25) is 10.0 Å². The lowest BCUT2D eigenvalue weighted by Gasteiger charge is -2.34. The van der Waals surface area contributed by atoms with E-state index in [9.17, 15) is 13.2 Å². The summed E-state index contributed by atoms with van der Waals surface area (Å²) in [5.41, 5.74) is 2.87. The zero-order chi connectivity index (χ0) is 19.4. The Balaban J connectivity index is 1.63. The maximum absolute atomic E-state index is 12.8. The van der Waals surface area contributed by atoms with Crippen molar-refractivity contribution in [3.8, 4) is 0 Å². The Morgan fingerprint density at radius 3 is 2.56 bits per heavy atom. The Labute approximate surface area is 160 Å². The van der Waals surface area contributed by atoms with Gasteiger partial charge in [-0.3, -0.25) is 19.4 Å². The van der Waals surface area contributed by atoms with E-state index in [1.165, 1.54) is 0 Å². The number of hydrogen-bond donors (Lipinski definition) is 1. The maximum atomic E-state index is 12.8. The topological polar surface area (TPSA) is 82.6 Å². The second-order valence-electron chi connectivity index (χ2n) is 6.83. The molecule has 0 unspecified atom stereocenters. The molecule has 1 aromatic carbocycles. The van der Waals surface area contributed by atoms with Crippen LogP contribution in [-0.4, -0.2) is 61.5 Å². The fourth-order valence-electron chi connectivity index (χ4n) is 3.11. The summed E-state index contributed by atoms with van der Waals surface area (Å²) < 4.78 is 25.5. The van der Waals surface area contributed by atoms with Crippen LogP contribution in [-0.2, 0) is 16.6 Å². The van der Waals surface area contributed by atoms with E-state index in [0.29, 0.717) is 24.3 Å². The first-order valence-electron chi connectivity index (χ1n) is 8.81. The van der Waals surface area contributed by atoms with Crippen molar-refractivity contribution in [2.45, 2.75) is 13.5 Å². The van der Waals surface area contributed by atoms with Crippen LogP contribution in [0.2, 0.25) is 0 Å². The van der Waals surface area contributed by atoms with Crippen LogP contribution in [0.25, 0.3) is 0 Å². The van der Waals surface area contributed by atoms with Crippen molar-refractivity contribution in [1.29, 1.82) is 0 Å². The smallest absolute Gasteiger partial charge is 0.254 e. The third-order valence-corrected chi connectivity index (χ3v) is 5.16. The van der Waals surface area contributed by atoms with Gasteiger partial charge in [0.1, 0.15) is 0 Å². The standard InChI is InChI=1S/C19H24N4O3S/c1-15-5-6-17(12-18(15)21-27(2,25)26)19(24)23-10-8-22(9-11-23)14-16-4-3-7-20-13-16/h3-7,12-13,21H,8-11,14H2,1-2H3. The van der Waals surface area contributed by atoms with Gasteiger partial charge in [-0.1, -0.05) is 12.1 Å². The fourth-order valence-corrected chi connectivity index (χ4v) is 3.73. The summed E-state index contributed by atoms with van der Waals surface area (Å²) in [4.78, 5) is 21.1. The van der Waals surface area contributed by atoms with Crippen molar-refractivity contribution < 1.29 is 13.2 Å². The van der Waals surface area contributed by atoms with Crippen LogP contribution >= 0.6 is 0 Å². The summed E-state index contributed by atoms with van der Waals surface area (Å²) in [6.07, 6.45) is 4.72. The highest BCUT2D eigenvalue weighted by atomic mass is 32.2. The minimum atomic E-state index is -3.39. The second kappa shape index (κ2) is 8.06. The van der Waals surface area contributed by atoms with Crippen molar-refractivity contribution >= 4 is 21.6 Å². The van der Waals surface area contributed by atoms with Gasteiger partial charge >= 0.3 is 0 Å². The zero-order valence-electron chi connectivity index (χ0n) is 15.6. The molecule has 1 fully saturated rings. The van der Waals surface area contributed by atoms with E-state index in [1.54, 1.807) is 31.3 Å². The molecule has 1 N–H and O–H groups in total. The normalized spacial score (nSPS) is 15.6. The Morgan fingerprint density at radius 2 is 1.93 bits per heavy atom. The highest BCUT2D eigenvalue weighted by Gasteiger charge is 2.23. The fraction of sp³-hybridized carbons (Fsp3) is 0.368. The molecule has 1 amide bonds. The molecule has 1 aliphatic heterocycles. The van der Waals surface area contributed by atoms with Gasteiger partial charge in [-0.25, -0.2) is 8.42 Å². The number of nitrogens with one attached hydrogen (secondary N) is 1. The van der Waals surface area contributed by atoms with Crippen LogP contribution in [0.3, 0.4) is 0 Å². The lowest BCUT2D eigenvalue weighted by Crippen LogP contribution is -2.48.